The Balaban J connectivity index is 1.49. The lowest BCUT2D eigenvalue weighted by Crippen LogP contribution is -2.37. The van der Waals surface area contributed by atoms with Crippen LogP contribution >= 0.6 is 0 Å². The fourth-order valence-electron chi connectivity index (χ4n) is 4.14. The van der Waals surface area contributed by atoms with Gasteiger partial charge in [0.1, 0.15) is 0 Å². The van der Waals surface area contributed by atoms with Crippen molar-refractivity contribution in [1.29, 1.82) is 0 Å². The number of hydrogen-bond acceptors (Lipinski definition) is 5. The number of amides is 1. The number of likely N-dealkylation sites (N-methyl/N-ethyl adjacent to an activating group) is 1. The summed E-state index contributed by atoms with van der Waals surface area (Å²) in [5.74, 6) is 0.870. The third-order valence-electron chi connectivity index (χ3n) is 5.63. The SMILES string of the molecule is Cc1ccn(C[C@H](C)C(=O)N2CCC[C@@H]2c2ncc3c(n2)CCN(C)C3)n1. The van der Waals surface area contributed by atoms with Gasteiger partial charge in [0.15, 0.2) is 5.82 Å². The maximum atomic E-state index is 13.1. The Hall–Kier alpha value is -2.28. The van der Waals surface area contributed by atoms with Crippen LogP contribution in [0.3, 0.4) is 0 Å². The Morgan fingerprint density at radius 3 is 3.00 bits per heavy atom. The van der Waals surface area contributed by atoms with Crippen LogP contribution in [0.2, 0.25) is 0 Å². The molecule has 0 N–H and O–H groups in total. The van der Waals surface area contributed by atoms with E-state index in [1.807, 2.05) is 41.9 Å². The Bertz CT molecular complexity index is 832. The molecule has 0 unspecified atom stereocenters. The number of likely N-dealkylation sites (tertiary alicyclic amines) is 1. The Morgan fingerprint density at radius 1 is 1.37 bits per heavy atom. The standard InChI is InChI=1S/C20H28N6O/c1-14(12-25-10-6-15(2)23-25)20(27)26-8-4-5-18(26)19-21-11-16-13-24(3)9-7-17(16)22-19/h6,10-11,14,18H,4-5,7-9,12-13H2,1-3H3/t14-,18+/m0/s1. The largest absolute Gasteiger partial charge is 0.332 e. The van der Waals surface area contributed by atoms with Crippen molar-refractivity contribution in [3.8, 4) is 0 Å². The molecule has 0 spiro atoms. The van der Waals surface area contributed by atoms with E-state index in [1.54, 1.807) is 0 Å². The summed E-state index contributed by atoms with van der Waals surface area (Å²) in [4.78, 5) is 26.9. The fourth-order valence-corrected chi connectivity index (χ4v) is 4.14. The normalized spacial score (nSPS) is 21.3. The van der Waals surface area contributed by atoms with E-state index in [1.165, 1.54) is 5.56 Å². The van der Waals surface area contributed by atoms with Gasteiger partial charge in [0.05, 0.1) is 24.2 Å². The molecule has 0 saturated carbocycles. The first-order valence-electron chi connectivity index (χ1n) is 9.85. The fraction of sp³-hybridized carbons (Fsp3) is 0.600. The zero-order valence-corrected chi connectivity index (χ0v) is 16.4. The van der Waals surface area contributed by atoms with Crippen LogP contribution in [0, 0.1) is 12.8 Å². The predicted molar refractivity (Wildman–Crippen MR) is 102 cm³/mol. The quantitative estimate of drug-likeness (QED) is 0.825. The molecule has 2 aliphatic heterocycles. The second-order valence-electron chi connectivity index (χ2n) is 7.96. The number of aromatic nitrogens is 4. The van der Waals surface area contributed by atoms with Crippen LogP contribution in [0.15, 0.2) is 18.5 Å². The molecule has 0 bridgehead atoms. The zero-order chi connectivity index (χ0) is 19.0. The summed E-state index contributed by atoms with van der Waals surface area (Å²) < 4.78 is 1.86. The Labute approximate surface area is 160 Å². The first-order chi connectivity index (χ1) is 13.0. The third kappa shape index (κ3) is 3.74. The van der Waals surface area contributed by atoms with Crippen molar-refractivity contribution < 1.29 is 4.79 Å². The molecule has 144 valence electrons. The molecule has 4 rings (SSSR count). The smallest absolute Gasteiger partial charge is 0.227 e. The first-order valence-corrected chi connectivity index (χ1v) is 9.85. The number of hydrogen-bond donors (Lipinski definition) is 0. The zero-order valence-electron chi connectivity index (χ0n) is 16.4. The van der Waals surface area contributed by atoms with Gasteiger partial charge in [-0.3, -0.25) is 9.48 Å². The van der Waals surface area contributed by atoms with E-state index in [2.05, 4.69) is 22.0 Å². The average Bonchev–Trinajstić information content (AvgIpc) is 3.29. The van der Waals surface area contributed by atoms with Gasteiger partial charge in [-0.15, -0.1) is 0 Å². The molecule has 2 atom stereocenters. The molecule has 7 heteroatoms. The topological polar surface area (TPSA) is 67.2 Å². The van der Waals surface area contributed by atoms with Crippen molar-refractivity contribution in [3.05, 3.63) is 41.2 Å². The second kappa shape index (κ2) is 7.38. The Kier molecular flexibility index (Phi) is 4.95. The van der Waals surface area contributed by atoms with E-state index in [0.29, 0.717) is 6.54 Å². The number of rotatable bonds is 4. The van der Waals surface area contributed by atoms with Gasteiger partial charge in [-0.2, -0.15) is 5.10 Å². The Morgan fingerprint density at radius 2 is 2.22 bits per heavy atom. The molecule has 2 aliphatic rings. The van der Waals surface area contributed by atoms with E-state index >= 15 is 0 Å². The van der Waals surface area contributed by atoms with Crippen LogP contribution in [0.25, 0.3) is 0 Å². The van der Waals surface area contributed by atoms with E-state index in [4.69, 9.17) is 4.98 Å². The van der Waals surface area contributed by atoms with Crippen LogP contribution in [-0.4, -0.2) is 55.6 Å². The number of carbonyl (C=O) groups excluding carboxylic acids is 1. The molecule has 2 aromatic heterocycles. The molecule has 27 heavy (non-hydrogen) atoms. The van der Waals surface area contributed by atoms with Gasteiger partial charge in [-0.05, 0) is 32.9 Å². The maximum Gasteiger partial charge on any atom is 0.227 e. The molecule has 0 aromatic carbocycles. The van der Waals surface area contributed by atoms with Crippen LogP contribution in [0.4, 0.5) is 0 Å². The van der Waals surface area contributed by atoms with Crippen molar-refractivity contribution in [2.75, 3.05) is 20.1 Å². The highest BCUT2D eigenvalue weighted by Gasteiger charge is 2.34. The number of fused-ring (bicyclic) bond motifs is 1. The summed E-state index contributed by atoms with van der Waals surface area (Å²) in [7, 11) is 2.12. The van der Waals surface area contributed by atoms with Crippen LogP contribution in [0.1, 0.15) is 48.6 Å². The lowest BCUT2D eigenvalue weighted by molar-refractivity contribution is -0.136. The van der Waals surface area contributed by atoms with E-state index in [0.717, 1.165) is 56.1 Å². The average molecular weight is 368 g/mol. The highest BCUT2D eigenvalue weighted by Crippen LogP contribution is 2.32. The monoisotopic (exact) mass is 368 g/mol. The van der Waals surface area contributed by atoms with Gasteiger partial charge >= 0.3 is 0 Å². The molecule has 0 radical (unpaired) electrons. The third-order valence-corrected chi connectivity index (χ3v) is 5.63. The van der Waals surface area contributed by atoms with Gasteiger partial charge in [0.2, 0.25) is 5.91 Å². The molecule has 0 aliphatic carbocycles. The van der Waals surface area contributed by atoms with Crippen molar-refractivity contribution in [3.63, 3.8) is 0 Å². The van der Waals surface area contributed by atoms with Crippen molar-refractivity contribution in [2.24, 2.45) is 5.92 Å². The van der Waals surface area contributed by atoms with Crippen molar-refractivity contribution in [1.82, 2.24) is 29.5 Å². The van der Waals surface area contributed by atoms with Crippen LogP contribution < -0.4 is 0 Å². The summed E-state index contributed by atoms with van der Waals surface area (Å²) in [5.41, 5.74) is 3.34. The lowest BCUT2D eigenvalue weighted by Gasteiger charge is -2.28. The minimum absolute atomic E-state index is 0.00395. The minimum atomic E-state index is -0.115. The summed E-state index contributed by atoms with van der Waals surface area (Å²) in [6, 6.07) is 1.97. The molecule has 1 saturated heterocycles. The summed E-state index contributed by atoms with van der Waals surface area (Å²) in [6.45, 7) is 7.27. The number of carbonyl (C=O) groups is 1. The van der Waals surface area contributed by atoms with Crippen LogP contribution in [-0.2, 0) is 24.3 Å². The predicted octanol–water partition coefficient (Wildman–Crippen LogP) is 1.97. The number of aryl methyl sites for hydroxylation is 1. The van der Waals surface area contributed by atoms with Gasteiger partial charge < -0.3 is 9.80 Å². The van der Waals surface area contributed by atoms with Gasteiger partial charge in [0.25, 0.3) is 0 Å². The van der Waals surface area contributed by atoms with Gasteiger partial charge in [-0.25, -0.2) is 9.97 Å². The van der Waals surface area contributed by atoms with E-state index in [9.17, 15) is 4.79 Å². The molecule has 4 heterocycles. The van der Waals surface area contributed by atoms with E-state index in [-0.39, 0.29) is 17.9 Å². The number of nitrogens with zero attached hydrogens (tertiary/aromatic N) is 6. The highest BCUT2D eigenvalue weighted by molar-refractivity contribution is 5.79. The summed E-state index contributed by atoms with van der Waals surface area (Å²) >= 11 is 0. The van der Waals surface area contributed by atoms with E-state index < -0.39 is 0 Å². The first kappa shape index (κ1) is 18.1. The van der Waals surface area contributed by atoms with Crippen molar-refractivity contribution >= 4 is 5.91 Å². The molecule has 7 nitrogen and oxygen atoms in total. The summed E-state index contributed by atoms with van der Waals surface area (Å²) in [6.07, 6.45) is 6.80. The second-order valence-corrected chi connectivity index (χ2v) is 7.96. The maximum absolute atomic E-state index is 13.1. The summed E-state index contributed by atoms with van der Waals surface area (Å²) in [5, 5.41) is 4.41. The molecule has 2 aromatic rings. The van der Waals surface area contributed by atoms with Crippen molar-refractivity contribution in [2.45, 2.75) is 52.2 Å². The van der Waals surface area contributed by atoms with Gasteiger partial charge in [-0.1, -0.05) is 6.92 Å². The minimum Gasteiger partial charge on any atom is -0.332 e. The van der Waals surface area contributed by atoms with Crippen LogP contribution in [0.5, 0.6) is 0 Å². The molecular formula is C20H28N6O. The van der Waals surface area contributed by atoms with Gasteiger partial charge in [0, 0.05) is 49.7 Å². The lowest BCUT2D eigenvalue weighted by atomic mass is 10.1. The molecule has 1 amide bonds. The highest BCUT2D eigenvalue weighted by atomic mass is 16.2. The molecular weight excluding hydrogens is 340 g/mol. The molecule has 1 fully saturated rings.